The van der Waals surface area contributed by atoms with Gasteiger partial charge in [0.2, 0.25) is 0 Å². The molecule has 0 aliphatic carbocycles. The monoisotopic (exact) mass is 391 g/mol. The first-order chi connectivity index (χ1) is 13.4. The first kappa shape index (κ1) is 18.5. The Bertz CT molecular complexity index is 998. The van der Waals surface area contributed by atoms with Gasteiger partial charge >= 0.3 is 8.53 Å². The van der Waals surface area contributed by atoms with Crippen LogP contribution in [0.5, 0.6) is 11.5 Å². The average Bonchev–Trinajstić information content (AvgIpc) is 2.68. The second-order valence-electron chi connectivity index (χ2n) is 7.62. The summed E-state index contributed by atoms with van der Waals surface area (Å²) in [5.41, 5.74) is 2.26. The van der Waals surface area contributed by atoms with Crippen LogP contribution in [0.1, 0.15) is 36.7 Å². The van der Waals surface area contributed by atoms with E-state index < -0.39 is 8.53 Å². The third-order valence-electron chi connectivity index (χ3n) is 4.52. The van der Waals surface area contributed by atoms with Gasteiger partial charge in [-0.15, -0.1) is 0 Å². The second kappa shape index (κ2) is 7.29. The Labute approximate surface area is 166 Å². The van der Waals surface area contributed by atoms with Crippen LogP contribution in [0.4, 0.5) is 5.69 Å². The van der Waals surface area contributed by atoms with Gasteiger partial charge in [0.1, 0.15) is 11.5 Å². The first-order valence-corrected chi connectivity index (χ1v) is 10.3. The van der Waals surface area contributed by atoms with E-state index in [2.05, 4.69) is 26.8 Å². The number of amides is 1. The molecule has 0 fully saturated rings. The van der Waals surface area contributed by atoms with E-state index in [0.717, 1.165) is 17.0 Å². The number of benzene rings is 3. The molecule has 1 aliphatic heterocycles. The van der Waals surface area contributed by atoms with Crippen LogP contribution in [-0.2, 0) is 5.41 Å². The van der Waals surface area contributed by atoms with Crippen LogP contribution in [0.3, 0.4) is 0 Å². The summed E-state index contributed by atoms with van der Waals surface area (Å²) in [6.45, 7) is 6.42. The van der Waals surface area contributed by atoms with Crippen molar-refractivity contribution in [2.24, 2.45) is 0 Å². The van der Waals surface area contributed by atoms with Crippen LogP contribution >= 0.6 is 8.53 Å². The highest BCUT2D eigenvalue weighted by Crippen LogP contribution is 2.52. The molecule has 0 radical (unpaired) electrons. The Morgan fingerprint density at radius 3 is 2.25 bits per heavy atom. The van der Waals surface area contributed by atoms with Crippen LogP contribution in [0, 0.1) is 0 Å². The summed E-state index contributed by atoms with van der Waals surface area (Å²) < 4.78 is 14.2. The topological polar surface area (TPSA) is 38.8 Å². The molecule has 0 bridgehead atoms. The molecule has 3 aromatic rings. The molecular weight excluding hydrogens is 369 g/mol. The largest absolute Gasteiger partial charge is 0.424 e. The van der Waals surface area contributed by atoms with Crippen LogP contribution < -0.4 is 13.7 Å². The second-order valence-corrected chi connectivity index (χ2v) is 8.86. The summed E-state index contributed by atoms with van der Waals surface area (Å²) in [6, 6.07) is 24.7. The quantitative estimate of drug-likeness (QED) is 0.490. The summed E-state index contributed by atoms with van der Waals surface area (Å²) in [5.74, 6) is 1.17. The minimum atomic E-state index is -1.69. The predicted octanol–water partition coefficient (Wildman–Crippen LogP) is 6.33. The lowest BCUT2D eigenvalue weighted by atomic mass is 9.86. The lowest BCUT2D eigenvalue weighted by Gasteiger charge is -2.34. The van der Waals surface area contributed by atoms with Gasteiger partial charge in [0, 0.05) is 5.56 Å². The molecule has 0 spiro atoms. The maximum atomic E-state index is 13.3. The molecule has 5 heteroatoms. The van der Waals surface area contributed by atoms with Crippen LogP contribution in [0.15, 0.2) is 78.9 Å². The molecule has 1 aliphatic rings. The number of hydrogen-bond donors (Lipinski definition) is 0. The standard InChI is InChI=1S/C23H22NO3P/c1-23(2,3)19-14-8-10-16-21(19)27-28-24(17-11-5-4-6-12-17)22(25)18-13-7-9-15-20(18)26-28/h4-16H,1-3H3. The zero-order valence-corrected chi connectivity index (χ0v) is 17.0. The maximum Gasteiger partial charge on any atom is 0.424 e. The molecule has 1 atom stereocenters. The van der Waals surface area contributed by atoms with Crippen molar-refractivity contribution in [2.75, 3.05) is 4.67 Å². The Kier molecular flexibility index (Phi) is 4.82. The van der Waals surface area contributed by atoms with Gasteiger partial charge in [-0.3, -0.25) is 4.79 Å². The minimum Gasteiger partial charge on any atom is -0.422 e. The molecule has 0 saturated heterocycles. The molecule has 0 N–H and O–H groups in total. The van der Waals surface area contributed by atoms with Crippen LogP contribution in [0.25, 0.3) is 0 Å². The SMILES string of the molecule is CC(C)(C)c1ccccc1OP1Oc2ccccc2C(=O)N1c1ccccc1. The first-order valence-electron chi connectivity index (χ1n) is 9.19. The molecule has 0 aromatic heterocycles. The molecule has 142 valence electrons. The zero-order valence-electron chi connectivity index (χ0n) is 16.1. The molecule has 28 heavy (non-hydrogen) atoms. The van der Waals surface area contributed by atoms with Gasteiger partial charge in [0.15, 0.2) is 0 Å². The van der Waals surface area contributed by atoms with Crippen LogP contribution in [-0.4, -0.2) is 5.91 Å². The van der Waals surface area contributed by atoms with Crippen molar-refractivity contribution in [1.29, 1.82) is 0 Å². The van der Waals surface area contributed by atoms with Gasteiger partial charge in [-0.05, 0) is 35.7 Å². The van der Waals surface area contributed by atoms with E-state index in [-0.39, 0.29) is 11.3 Å². The smallest absolute Gasteiger partial charge is 0.422 e. The predicted molar refractivity (Wildman–Crippen MR) is 113 cm³/mol. The minimum absolute atomic E-state index is 0.0960. The average molecular weight is 391 g/mol. The maximum absolute atomic E-state index is 13.3. The van der Waals surface area contributed by atoms with E-state index in [1.165, 1.54) is 0 Å². The highest BCUT2D eigenvalue weighted by Gasteiger charge is 2.39. The fourth-order valence-electron chi connectivity index (χ4n) is 3.13. The number of para-hydroxylation sites is 3. The van der Waals surface area contributed by atoms with Gasteiger partial charge in [-0.2, -0.15) is 0 Å². The molecule has 3 aromatic carbocycles. The fourth-order valence-corrected chi connectivity index (χ4v) is 4.56. The van der Waals surface area contributed by atoms with E-state index in [0.29, 0.717) is 11.3 Å². The lowest BCUT2D eigenvalue weighted by Crippen LogP contribution is -2.33. The number of anilines is 1. The van der Waals surface area contributed by atoms with Gasteiger partial charge in [-0.25, -0.2) is 4.67 Å². The van der Waals surface area contributed by atoms with Gasteiger partial charge in [-0.1, -0.05) is 69.3 Å². The molecule has 0 saturated carbocycles. The number of fused-ring (bicyclic) bond motifs is 1. The third-order valence-corrected chi connectivity index (χ3v) is 5.97. The molecular formula is C23H22NO3P. The number of carbonyl (C=O) groups is 1. The number of rotatable bonds is 3. The Hall–Kier alpha value is -2.84. The Morgan fingerprint density at radius 1 is 0.857 bits per heavy atom. The van der Waals surface area contributed by atoms with Crippen molar-refractivity contribution >= 4 is 20.1 Å². The van der Waals surface area contributed by atoms with E-state index in [1.54, 1.807) is 10.7 Å². The molecule has 1 heterocycles. The molecule has 4 rings (SSSR count). The summed E-state index contributed by atoms with van der Waals surface area (Å²) in [6.07, 6.45) is 0. The summed E-state index contributed by atoms with van der Waals surface area (Å²) in [4.78, 5) is 13.3. The molecule has 1 amide bonds. The van der Waals surface area contributed by atoms with Crippen molar-refractivity contribution in [3.05, 3.63) is 90.0 Å². The van der Waals surface area contributed by atoms with Crippen molar-refractivity contribution in [2.45, 2.75) is 26.2 Å². The highest BCUT2D eigenvalue weighted by molar-refractivity contribution is 7.51. The lowest BCUT2D eigenvalue weighted by molar-refractivity contribution is 0.0995. The van der Waals surface area contributed by atoms with Crippen molar-refractivity contribution < 1.29 is 13.8 Å². The fraction of sp³-hybridized carbons (Fsp3) is 0.174. The third kappa shape index (κ3) is 3.48. The van der Waals surface area contributed by atoms with Crippen molar-refractivity contribution in [1.82, 2.24) is 0 Å². The molecule has 4 nitrogen and oxygen atoms in total. The normalized spacial score (nSPS) is 16.3. The van der Waals surface area contributed by atoms with Crippen LogP contribution in [0.2, 0.25) is 0 Å². The van der Waals surface area contributed by atoms with Crippen molar-refractivity contribution in [3.8, 4) is 11.5 Å². The van der Waals surface area contributed by atoms with Gasteiger partial charge in [0.25, 0.3) is 5.91 Å². The van der Waals surface area contributed by atoms with E-state index >= 15 is 0 Å². The van der Waals surface area contributed by atoms with Crippen molar-refractivity contribution in [3.63, 3.8) is 0 Å². The number of nitrogens with zero attached hydrogens (tertiary/aromatic N) is 1. The Morgan fingerprint density at radius 2 is 1.50 bits per heavy atom. The summed E-state index contributed by atoms with van der Waals surface area (Å²) >= 11 is 0. The summed E-state index contributed by atoms with van der Waals surface area (Å²) in [5, 5.41) is 0. The zero-order chi connectivity index (χ0) is 19.7. The van der Waals surface area contributed by atoms with E-state index in [9.17, 15) is 4.79 Å². The molecule has 1 unspecified atom stereocenters. The van der Waals surface area contributed by atoms with E-state index in [4.69, 9.17) is 9.05 Å². The summed E-state index contributed by atoms with van der Waals surface area (Å²) in [7, 11) is -1.69. The number of hydrogen-bond acceptors (Lipinski definition) is 3. The number of carbonyl (C=O) groups excluding carboxylic acids is 1. The van der Waals surface area contributed by atoms with E-state index in [1.807, 2.05) is 66.7 Å². The van der Waals surface area contributed by atoms with Gasteiger partial charge < -0.3 is 9.05 Å². The highest BCUT2D eigenvalue weighted by atomic mass is 31.2. The van der Waals surface area contributed by atoms with Gasteiger partial charge in [0.05, 0.1) is 11.3 Å². The Balaban J connectivity index is 1.78.